The first-order chi connectivity index (χ1) is 9.97. The summed E-state index contributed by atoms with van der Waals surface area (Å²) in [6.07, 6.45) is 5.47. The maximum atomic E-state index is 12.2. The molecule has 0 unspecified atom stereocenters. The minimum absolute atomic E-state index is 0.0348. The Bertz CT molecular complexity index is 538. The summed E-state index contributed by atoms with van der Waals surface area (Å²) in [5.74, 6) is 0. The Morgan fingerprint density at radius 3 is 2.71 bits per heavy atom. The molecule has 1 aromatic heterocycles. The molecule has 0 atom stereocenters. The van der Waals surface area contributed by atoms with Crippen LogP contribution in [0.25, 0.3) is 0 Å². The van der Waals surface area contributed by atoms with Crippen molar-refractivity contribution in [1.82, 2.24) is 14.7 Å². The van der Waals surface area contributed by atoms with E-state index in [9.17, 15) is 9.90 Å². The van der Waals surface area contributed by atoms with Crippen LogP contribution in [0.4, 0.5) is 5.69 Å². The van der Waals surface area contributed by atoms with Crippen LogP contribution in [-0.2, 0) is 6.54 Å². The number of hydrogen-bond acceptors (Lipinski definition) is 5. The largest absolute Gasteiger partial charge is 0.394 e. The fraction of sp³-hybridized carbons (Fsp3) is 0.714. The summed E-state index contributed by atoms with van der Waals surface area (Å²) < 4.78 is 1.37. The lowest BCUT2D eigenvalue weighted by Crippen LogP contribution is -2.40. The molecule has 1 aliphatic rings. The van der Waals surface area contributed by atoms with Crippen molar-refractivity contribution >= 4 is 17.3 Å². The van der Waals surface area contributed by atoms with E-state index in [1.807, 2.05) is 19.0 Å². The first kappa shape index (κ1) is 16.3. The second-order valence-corrected chi connectivity index (χ2v) is 6.35. The van der Waals surface area contributed by atoms with Gasteiger partial charge in [-0.15, -0.1) is 0 Å². The van der Waals surface area contributed by atoms with Crippen molar-refractivity contribution in [1.29, 1.82) is 0 Å². The van der Waals surface area contributed by atoms with Gasteiger partial charge in [0, 0.05) is 6.54 Å². The number of hydrogen-bond donors (Lipinski definition) is 2. The maximum absolute atomic E-state index is 12.2. The molecule has 2 rings (SSSR count). The third-order valence-electron chi connectivity index (χ3n) is 4.01. The lowest BCUT2D eigenvalue weighted by atomic mass is 9.99. The van der Waals surface area contributed by atoms with Gasteiger partial charge in [-0.2, -0.15) is 5.10 Å². The van der Waals surface area contributed by atoms with Crippen molar-refractivity contribution in [3.8, 4) is 0 Å². The molecule has 0 aromatic carbocycles. The van der Waals surface area contributed by atoms with Gasteiger partial charge in [-0.3, -0.25) is 4.79 Å². The average molecular weight is 315 g/mol. The van der Waals surface area contributed by atoms with Gasteiger partial charge in [-0.25, -0.2) is 4.68 Å². The van der Waals surface area contributed by atoms with Crippen molar-refractivity contribution in [3.63, 3.8) is 0 Å². The predicted octanol–water partition coefficient (Wildman–Crippen LogP) is 1.18. The molecule has 0 saturated heterocycles. The molecular weight excluding hydrogens is 292 g/mol. The number of anilines is 1. The Morgan fingerprint density at radius 2 is 2.14 bits per heavy atom. The van der Waals surface area contributed by atoms with Crippen LogP contribution in [0, 0.1) is 0 Å². The van der Waals surface area contributed by atoms with Crippen molar-refractivity contribution < 1.29 is 5.11 Å². The molecule has 0 aliphatic heterocycles. The van der Waals surface area contributed by atoms with E-state index < -0.39 is 0 Å². The summed E-state index contributed by atoms with van der Waals surface area (Å²) in [5.41, 5.74) is -0.151. The zero-order valence-corrected chi connectivity index (χ0v) is 13.4. The summed E-state index contributed by atoms with van der Waals surface area (Å²) in [4.78, 5) is 14.2. The van der Waals surface area contributed by atoms with Crippen LogP contribution >= 0.6 is 11.6 Å². The molecule has 2 N–H and O–H groups in total. The number of nitrogens with one attached hydrogen (secondary N) is 1. The van der Waals surface area contributed by atoms with Crippen LogP contribution in [0.1, 0.15) is 25.7 Å². The van der Waals surface area contributed by atoms with E-state index in [1.165, 1.54) is 4.68 Å². The van der Waals surface area contributed by atoms with E-state index in [-0.39, 0.29) is 22.7 Å². The molecule has 6 nitrogen and oxygen atoms in total. The van der Waals surface area contributed by atoms with Gasteiger partial charge in [0.2, 0.25) is 0 Å². The first-order valence-corrected chi connectivity index (χ1v) is 7.65. The number of aliphatic hydroxyl groups is 1. The molecule has 1 aromatic rings. The van der Waals surface area contributed by atoms with E-state index in [0.717, 1.165) is 32.2 Å². The van der Waals surface area contributed by atoms with Crippen molar-refractivity contribution in [2.45, 2.75) is 37.8 Å². The lowest BCUT2D eigenvalue weighted by molar-refractivity contribution is 0.214. The number of likely N-dealkylation sites (N-methyl/N-ethyl adjacent to an activating group) is 1. The quantitative estimate of drug-likeness (QED) is 0.825. The zero-order chi connectivity index (χ0) is 15.5. The number of nitrogens with zero attached hydrogens (tertiary/aromatic N) is 3. The molecule has 7 heteroatoms. The van der Waals surface area contributed by atoms with Crippen LogP contribution in [0.2, 0.25) is 5.02 Å². The molecule has 0 radical (unpaired) electrons. The van der Waals surface area contributed by atoms with Crippen LogP contribution in [-0.4, -0.2) is 52.6 Å². The molecule has 1 aliphatic carbocycles. The van der Waals surface area contributed by atoms with Crippen LogP contribution in [0.3, 0.4) is 0 Å². The van der Waals surface area contributed by atoms with Crippen LogP contribution < -0.4 is 10.9 Å². The summed E-state index contributed by atoms with van der Waals surface area (Å²) in [5, 5.41) is 17.2. The molecule has 1 fully saturated rings. The highest BCUT2D eigenvalue weighted by Gasteiger charge is 2.33. The smallest absolute Gasteiger partial charge is 0.287 e. The van der Waals surface area contributed by atoms with Gasteiger partial charge in [0.15, 0.2) is 0 Å². The third-order valence-corrected chi connectivity index (χ3v) is 4.37. The van der Waals surface area contributed by atoms with Gasteiger partial charge >= 0.3 is 0 Å². The van der Waals surface area contributed by atoms with Crippen LogP contribution in [0.15, 0.2) is 11.0 Å². The fourth-order valence-corrected chi connectivity index (χ4v) is 2.86. The van der Waals surface area contributed by atoms with E-state index in [4.69, 9.17) is 11.6 Å². The van der Waals surface area contributed by atoms with Gasteiger partial charge in [0.05, 0.1) is 30.6 Å². The minimum Gasteiger partial charge on any atom is -0.394 e. The first-order valence-electron chi connectivity index (χ1n) is 7.27. The van der Waals surface area contributed by atoms with Gasteiger partial charge < -0.3 is 15.3 Å². The second kappa shape index (κ2) is 6.77. The molecule has 0 spiro atoms. The van der Waals surface area contributed by atoms with Crippen molar-refractivity contribution in [3.05, 3.63) is 21.6 Å². The molecule has 0 amide bonds. The van der Waals surface area contributed by atoms with Gasteiger partial charge in [-0.1, -0.05) is 24.4 Å². The summed E-state index contributed by atoms with van der Waals surface area (Å²) in [6, 6.07) is 0. The fourth-order valence-electron chi connectivity index (χ4n) is 2.67. The van der Waals surface area contributed by atoms with E-state index in [1.54, 1.807) is 6.20 Å². The average Bonchev–Trinajstić information content (AvgIpc) is 2.92. The van der Waals surface area contributed by atoms with Crippen LogP contribution in [0.5, 0.6) is 0 Å². The molecular formula is C14H23ClN4O2. The Hall–Kier alpha value is -1.11. The highest BCUT2D eigenvalue weighted by molar-refractivity contribution is 6.32. The Kier molecular flexibility index (Phi) is 5.24. The highest BCUT2D eigenvalue weighted by Crippen LogP contribution is 2.33. The SMILES string of the molecule is CN(C)CCn1ncc(NC2(CO)CCCC2)c(Cl)c1=O. The summed E-state index contributed by atoms with van der Waals surface area (Å²) in [6.45, 7) is 1.25. The molecule has 1 heterocycles. The Morgan fingerprint density at radius 1 is 1.48 bits per heavy atom. The monoisotopic (exact) mass is 314 g/mol. The molecule has 1 saturated carbocycles. The van der Waals surface area contributed by atoms with E-state index in [2.05, 4.69) is 10.4 Å². The molecule has 118 valence electrons. The van der Waals surface area contributed by atoms with Gasteiger partial charge in [0.25, 0.3) is 5.56 Å². The maximum Gasteiger partial charge on any atom is 0.287 e. The Balaban J connectivity index is 2.18. The number of rotatable bonds is 6. The van der Waals surface area contributed by atoms with Crippen molar-refractivity contribution in [2.24, 2.45) is 0 Å². The Labute approximate surface area is 129 Å². The number of halogens is 1. The normalized spacial score (nSPS) is 17.4. The van der Waals surface area contributed by atoms with Gasteiger partial charge in [-0.05, 0) is 26.9 Å². The second-order valence-electron chi connectivity index (χ2n) is 5.97. The van der Waals surface area contributed by atoms with E-state index >= 15 is 0 Å². The zero-order valence-electron chi connectivity index (χ0n) is 12.6. The predicted molar refractivity (Wildman–Crippen MR) is 84.0 cm³/mol. The highest BCUT2D eigenvalue weighted by atomic mass is 35.5. The third kappa shape index (κ3) is 3.75. The van der Waals surface area contributed by atoms with E-state index in [0.29, 0.717) is 12.2 Å². The standard InChI is InChI=1S/C14H23ClN4O2/c1-18(2)7-8-19-13(21)12(15)11(9-16-19)17-14(10-20)5-3-4-6-14/h9,17,20H,3-8,10H2,1-2H3. The summed E-state index contributed by atoms with van der Waals surface area (Å²) in [7, 11) is 3.88. The molecule has 21 heavy (non-hydrogen) atoms. The lowest BCUT2D eigenvalue weighted by Gasteiger charge is -2.29. The number of aliphatic hydroxyl groups excluding tert-OH is 1. The topological polar surface area (TPSA) is 70.4 Å². The minimum atomic E-state index is -0.367. The summed E-state index contributed by atoms with van der Waals surface area (Å²) >= 11 is 6.18. The van der Waals surface area contributed by atoms with Gasteiger partial charge in [0.1, 0.15) is 5.02 Å². The van der Waals surface area contributed by atoms with Crippen molar-refractivity contribution in [2.75, 3.05) is 32.6 Å². The number of aromatic nitrogens is 2. The molecule has 0 bridgehead atoms.